The van der Waals surface area contributed by atoms with Crippen molar-refractivity contribution in [1.82, 2.24) is 19.6 Å². The van der Waals surface area contributed by atoms with Crippen LogP contribution in [-0.4, -0.2) is 70.8 Å². The number of amides is 2. The molecule has 0 aliphatic carbocycles. The van der Waals surface area contributed by atoms with Crippen LogP contribution in [0, 0.1) is 19.8 Å². The summed E-state index contributed by atoms with van der Waals surface area (Å²) in [4.78, 5) is 29.2. The summed E-state index contributed by atoms with van der Waals surface area (Å²) >= 11 is 0. The molecule has 3 rings (SSSR count). The number of piperidine rings is 1. The van der Waals surface area contributed by atoms with Gasteiger partial charge in [-0.15, -0.1) is 0 Å². The number of likely N-dealkylation sites (tertiary alicyclic amines) is 1. The first-order chi connectivity index (χ1) is 12.5. The van der Waals surface area contributed by atoms with Gasteiger partial charge in [-0.25, -0.2) is 0 Å². The minimum absolute atomic E-state index is 0.0623. The van der Waals surface area contributed by atoms with Gasteiger partial charge in [0, 0.05) is 45.3 Å². The molecule has 0 radical (unpaired) electrons. The Morgan fingerprint density at radius 1 is 1.15 bits per heavy atom. The SMILES string of the molecule is Cc1nn(C)c(C)c1CCC(=O)N1CCCC(C(=O)N2CCOCC2)C1. The van der Waals surface area contributed by atoms with E-state index in [0.29, 0.717) is 45.7 Å². The number of carbonyl (C=O) groups is 2. The van der Waals surface area contributed by atoms with Crippen molar-refractivity contribution < 1.29 is 14.3 Å². The summed E-state index contributed by atoms with van der Waals surface area (Å²) < 4.78 is 7.19. The van der Waals surface area contributed by atoms with Gasteiger partial charge in [0.15, 0.2) is 0 Å². The minimum Gasteiger partial charge on any atom is -0.378 e. The topological polar surface area (TPSA) is 67.7 Å². The minimum atomic E-state index is -0.0623. The Hall–Kier alpha value is -1.89. The van der Waals surface area contributed by atoms with E-state index in [0.717, 1.165) is 30.8 Å². The average molecular weight is 362 g/mol. The first-order valence-corrected chi connectivity index (χ1v) is 9.60. The highest BCUT2D eigenvalue weighted by Gasteiger charge is 2.31. The molecule has 1 atom stereocenters. The monoisotopic (exact) mass is 362 g/mol. The van der Waals surface area contributed by atoms with Crippen LogP contribution in [0.15, 0.2) is 0 Å². The van der Waals surface area contributed by atoms with Gasteiger partial charge in [-0.05, 0) is 38.7 Å². The van der Waals surface area contributed by atoms with Crippen molar-refractivity contribution >= 4 is 11.8 Å². The van der Waals surface area contributed by atoms with Crippen molar-refractivity contribution in [3.05, 3.63) is 17.0 Å². The van der Waals surface area contributed by atoms with Crippen LogP contribution in [0.5, 0.6) is 0 Å². The number of hydrogen-bond donors (Lipinski definition) is 0. The number of hydrogen-bond acceptors (Lipinski definition) is 4. The highest BCUT2D eigenvalue weighted by molar-refractivity contribution is 5.81. The molecule has 2 saturated heterocycles. The Balaban J connectivity index is 1.55. The van der Waals surface area contributed by atoms with Crippen molar-refractivity contribution in [2.45, 2.75) is 39.5 Å². The summed E-state index contributed by atoms with van der Waals surface area (Å²) in [5.74, 6) is 0.268. The third kappa shape index (κ3) is 4.09. The lowest BCUT2D eigenvalue weighted by Gasteiger charge is -2.36. The van der Waals surface area contributed by atoms with E-state index >= 15 is 0 Å². The lowest BCUT2D eigenvalue weighted by Crippen LogP contribution is -2.49. The van der Waals surface area contributed by atoms with E-state index in [1.807, 2.05) is 35.4 Å². The van der Waals surface area contributed by atoms with E-state index in [2.05, 4.69) is 5.10 Å². The van der Waals surface area contributed by atoms with Crippen LogP contribution in [0.25, 0.3) is 0 Å². The summed E-state index contributed by atoms with van der Waals surface area (Å²) in [5.41, 5.74) is 3.28. The molecule has 0 bridgehead atoms. The predicted octanol–water partition coefficient (Wildman–Crippen LogP) is 1.07. The van der Waals surface area contributed by atoms with E-state index in [1.54, 1.807) is 0 Å². The zero-order chi connectivity index (χ0) is 18.7. The van der Waals surface area contributed by atoms with Gasteiger partial charge in [-0.2, -0.15) is 5.10 Å². The molecule has 2 amide bonds. The zero-order valence-electron chi connectivity index (χ0n) is 16.2. The second kappa shape index (κ2) is 8.20. The molecule has 1 aromatic rings. The first kappa shape index (κ1) is 18.9. The normalized spacial score (nSPS) is 21.1. The van der Waals surface area contributed by atoms with Gasteiger partial charge in [0.05, 0.1) is 24.8 Å². The summed E-state index contributed by atoms with van der Waals surface area (Å²) in [5, 5.41) is 4.42. The van der Waals surface area contributed by atoms with Crippen LogP contribution in [0.3, 0.4) is 0 Å². The van der Waals surface area contributed by atoms with Gasteiger partial charge in [-0.3, -0.25) is 14.3 Å². The third-order valence-electron chi connectivity index (χ3n) is 5.69. The molecule has 26 heavy (non-hydrogen) atoms. The molecular formula is C19H30N4O3. The lowest BCUT2D eigenvalue weighted by molar-refractivity contribution is -0.144. The lowest BCUT2D eigenvalue weighted by atomic mass is 9.95. The Bertz CT molecular complexity index is 664. The number of nitrogens with zero attached hydrogens (tertiary/aromatic N) is 4. The van der Waals surface area contributed by atoms with Crippen molar-refractivity contribution in [3.8, 4) is 0 Å². The largest absolute Gasteiger partial charge is 0.378 e. The van der Waals surface area contributed by atoms with Crippen LogP contribution in [0.2, 0.25) is 0 Å². The number of rotatable bonds is 4. The van der Waals surface area contributed by atoms with Gasteiger partial charge < -0.3 is 14.5 Å². The smallest absolute Gasteiger partial charge is 0.227 e. The summed E-state index contributed by atoms with van der Waals surface area (Å²) in [6, 6.07) is 0. The second-order valence-corrected chi connectivity index (χ2v) is 7.39. The van der Waals surface area contributed by atoms with Gasteiger partial charge in [-0.1, -0.05) is 0 Å². The molecule has 2 fully saturated rings. The van der Waals surface area contributed by atoms with E-state index in [4.69, 9.17) is 4.74 Å². The first-order valence-electron chi connectivity index (χ1n) is 9.60. The third-order valence-corrected chi connectivity index (χ3v) is 5.69. The highest BCUT2D eigenvalue weighted by Crippen LogP contribution is 2.21. The van der Waals surface area contributed by atoms with Gasteiger partial charge in [0.2, 0.25) is 11.8 Å². The van der Waals surface area contributed by atoms with E-state index in [-0.39, 0.29) is 17.7 Å². The molecule has 1 unspecified atom stereocenters. The van der Waals surface area contributed by atoms with E-state index < -0.39 is 0 Å². The van der Waals surface area contributed by atoms with Crippen molar-refractivity contribution in [1.29, 1.82) is 0 Å². The van der Waals surface area contributed by atoms with Gasteiger partial charge in [0.25, 0.3) is 0 Å². The maximum Gasteiger partial charge on any atom is 0.227 e. The average Bonchev–Trinajstić information content (AvgIpc) is 2.91. The van der Waals surface area contributed by atoms with Crippen molar-refractivity contribution in [3.63, 3.8) is 0 Å². The molecule has 0 aromatic carbocycles. The van der Waals surface area contributed by atoms with Crippen LogP contribution in [0.4, 0.5) is 0 Å². The maximum absolute atomic E-state index is 12.7. The second-order valence-electron chi connectivity index (χ2n) is 7.39. The molecule has 0 spiro atoms. The number of aromatic nitrogens is 2. The number of ether oxygens (including phenoxy) is 1. The molecule has 1 aromatic heterocycles. The molecule has 2 aliphatic rings. The fourth-order valence-electron chi connectivity index (χ4n) is 4.02. The molecule has 2 aliphatic heterocycles. The maximum atomic E-state index is 12.7. The summed E-state index contributed by atoms with van der Waals surface area (Å²) in [6.07, 6.45) is 2.97. The van der Waals surface area contributed by atoms with E-state index in [1.165, 1.54) is 5.56 Å². The Kier molecular flexibility index (Phi) is 5.96. The van der Waals surface area contributed by atoms with Gasteiger partial charge in [0.1, 0.15) is 0 Å². The van der Waals surface area contributed by atoms with E-state index in [9.17, 15) is 9.59 Å². The molecular weight excluding hydrogens is 332 g/mol. The summed E-state index contributed by atoms with van der Waals surface area (Å²) in [6.45, 7) is 7.92. The summed E-state index contributed by atoms with van der Waals surface area (Å²) in [7, 11) is 1.93. The Morgan fingerprint density at radius 2 is 1.88 bits per heavy atom. The Labute approximate surface area is 155 Å². The predicted molar refractivity (Wildman–Crippen MR) is 97.7 cm³/mol. The fraction of sp³-hybridized carbons (Fsp3) is 0.737. The van der Waals surface area contributed by atoms with Gasteiger partial charge >= 0.3 is 0 Å². The number of morpholine rings is 1. The molecule has 3 heterocycles. The van der Waals surface area contributed by atoms with Crippen LogP contribution >= 0.6 is 0 Å². The molecule has 7 heteroatoms. The highest BCUT2D eigenvalue weighted by atomic mass is 16.5. The zero-order valence-corrected chi connectivity index (χ0v) is 16.2. The number of carbonyl (C=O) groups excluding carboxylic acids is 2. The van der Waals surface area contributed by atoms with Crippen molar-refractivity contribution in [2.24, 2.45) is 13.0 Å². The molecule has 0 N–H and O–H groups in total. The Morgan fingerprint density at radius 3 is 2.54 bits per heavy atom. The fourth-order valence-corrected chi connectivity index (χ4v) is 4.02. The van der Waals surface area contributed by atoms with Crippen LogP contribution < -0.4 is 0 Å². The molecule has 144 valence electrons. The van der Waals surface area contributed by atoms with Crippen LogP contribution in [0.1, 0.15) is 36.2 Å². The van der Waals surface area contributed by atoms with Crippen molar-refractivity contribution in [2.75, 3.05) is 39.4 Å². The van der Waals surface area contributed by atoms with Crippen LogP contribution in [-0.2, 0) is 27.8 Å². The standard InChI is InChI=1S/C19H30N4O3/c1-14-17(15(2)21(3)20-14)6-7-18(24)23-8-4-5-16(13-23)19(25)22-9-11-26-12-10-22/h16H,4-13H2,1-3H3. The molecule has 0 saturated carbocycles. The molecule has 7 nitrogen and oxygen atoms in total. The number of aryl methyl sites for hydroxylation is 2. The quantitative estimate of drug-likeness (QED) is 0.803.